The maximum Gasteiger partial charge on any atom is 0.254 e. The highest BCUT2D eigenvalue weighted by molar-refractivity contribution is 6.02. The molecule has 1 unspecified atom stereocenters. The molecule has 1 amide bonds. The first kappa shape index (κ1) is 26.3. The molecule has 1 aliphatic heterocycles. The molecule has 4 heterocycles. The Morgan fingerprint density at radius 2 is 1.97 bits per heavy atom. The average Bonchev–Trinajstić information content (AvgIpc) is 3.32. The maximum atomic E-state index is 15.1. The lowest BCUT2D eigenvalue weighted by atomic mass is 10.0. The zero-order chi connectivity index (χ0) is 27.7. The predicted octanol–water partition coefficient (Wildman–Crippen LogP) is 4.35. The van der Waals surface area contributed by atoms with Crippen molar-refractivity contribution in [2.45, 2.75) is 39.3 Å². The molecular formula is C29H30FN7O2. The second-order valence-corrected chi connectivity index (χ2v) is 10.0. The molecule has 0 bridgehead atoms. The summed E-state index contributed by atoms with van der Waals surface area (Å²) in [5.41, 5.74) is 1.12. The number of nitriles is 1. The largest absolute Gasteiger partial charge is 0.366 e. The number of carbonyl (C=O) groups excluding carboxylic acids is 1. The highest BCUT2D eigenvalue weighted by Crippen LogP contribution is 2.38. The molecule has 200 valence electrons. The van der Waals surface area contributed by atoms with E-state index in [1.807, 2.05) is 18.7 Å². The normalized spacial score (nSPS) is 15.9. The molecule has 10 heteroatoms. The first-order valence-electron chi connectivity index (χ1n) is 12.9. The highest BCUT2D eigenvalue weighted by atomic mass is 19.1. The smallest absolute Gasteiger partial charge is 0.254 e. The fourth-order valence-corrected chi connectivity index (χ4v) is 5.18. The molecule has 0 spiro atoms. The Morgan fingerprint density at radius 1 is 1.18 bits per heavy atom. The zero-order valence-electron chi connectivity index (χ0n) is 22.4. The average molecular weight is 528 g/mol. The Morgan fingerprint density at radius 3 is 2.69 bits per heavy atom. The topological polar surface area (TPSA) is 100 Å². The van der Waals surface area contributed by atoms with Crippen LogP contribution in [0.4, 0.5) is 10.2 Å². The van der Waals surface area contributed by atoms with Crippen LogP contribution in [0.25, 0.3) is 28.0 Å². The summed E-state index contributed by atoms with van der Waals surface area (Å²) in [4.78, 5) is 30.9. The summed E-state index contributed by atoms with van der Waals surface area (Å²) >= 11 is 0. The number of nitrogens with zero attached hydrogens (tertiary/aromatic N) is 7. The van der Waals surface area contributed by atoms with Crippen LogP contribution < -0.4 is 4.90 Å². The fraction of sp³-hybridized carbons (Fsp3) is 0.345. The van der Waals surface area contributed by atoms with Crippen LogP contribution in [0.3, 0.4) is 0 Å². The molecule has 1 atom stereocenters. The Balaban J connectivity index is 1.60. The molecule has 4 aromatic rings. The zero-order valence-corrected chi connectivity index (χ0v) is 22.4. The van der Waals surface area contributed by atoms with Crippen LogP contribution in [-0.4, -0.2) is 68.2 Å². The van der Waals surface area contributed by atoms with Crippen molar-refractivity contribution in [3.8, 4) is 23.0 Å². The van der Waals surface area contributed by atoms with E-state index in [1.165, 1.54) is 12.4 Å². The van der Waals surface area contributed by atoms with E-state index < -0.39 is 5.60 Å². The molecule has 3 aromatic heterocycles. The molecule has 0 radical (unpaired) electrons. The lowest BCUT2D eigenvalue weighted by Crippen LogP contribution is -2.59. The van der Waals surface area contributed by atoms with Crippen molar-refractivity contribution in [3.63, 3.8) is 0 Å². The van der Waals surface area contributed by atoms with Gasteiger partial charge in [-0.15, -0.1) is 0 Å². The van der Waals surface area contributed by atoms with Gasteiger partial charge in [0, 0.05) is 55.8 Å². The second-order valence-electron chi connectivity index (χ2n) is 10.0. The van der Waals surface area contributed by atoms with Crippen molar-refractivity contribution in [1.82, 2.24) is 24.4 Å². The first-order chi connectivity index (χ1) is 18.7. The van der Waals surface area contributed by atoms with Crippen LogP contribution in [0.2, 0.25) is 0 Å². The highest BCUT2D eigenvalue weighted by Gasteiger charge is 2.38. The number of halogens is 1. The Kier molecular flexibility index (Phi) is 7.02. The number of piperazine rings is 1. The van der Waals surface area contributed by atoms with Gasteiger partial charge in [-0.1, -0.05) is 18.2 Å². The first-order valence-corrected chi connectivity index (χ1v) is 12.9. The second kappa shape index (κ2) is 10.4. The van der Waals surface area contributed by atoms with Gasteiger partial charge in [0.2, 0.25) is 0 Å². The number of hydrogen-bond acceptors (Lipinski definition) is 7. The summed E-state index contributed by atoms with van der Waals surface area (Å²) in [6, 6.07) is 11.9. The molecule has 9 nitrogen and oxygen atoms in total. The number of carbonyl (C=O) groups is 1. The van der Waals surface area contributed by atoms with E-state index in [2.05, 4.69) is 25.9 Å². The lowest BCUT2D eigenvalue weighted by Gasteiger charge is -2.43. The molecule has 0 N–H and O–H groups in total. The van der Waals surface area contributed by atoms with E-state index in [4.69, 9.17) is 4.74 Å². The Bertz CT molecular complexity index is 1580. The van der Waals surface area contributed by atoms with Crippen LogP contribution in [0, 0.1) is 17.1 Å². The van der Waals surface area contributed by atoms with E-state index in [-0.39, 0.29) is 17.8 Å². The van der Waals surface area contributed by atoms with Gasteiger partial charge in [-0.3, -0.25) is 9.36 Å². The van der Waals surface area contributed by atoms with E-state index in [0.717, 1.165) is 0 Å². The van der Waals surface area contributed by atoms with Gasteiger partial charge in [-0.25, -0.2) is 19.3 Å². The van der Waals surface area contributed by atoms with E-state index in [1.54, 1.807) is 61.1 Å². The van der Waals surface area contributed by atoms with Crippen molar-refractivity contribution in [3.05, 3.63) is 66.5 Å². The lowest BCUT2D eigenvalue weighted by molar-refractivity contribution is -0.156. The van der Waals surface area contributed by atoms with Gasteiger partial charge in [0.15, 0.2) is 5.65 Å². The quantitative estimate of drug-likeness (QED) is 0.368. The van der Waals surface area contributed by atoms with Gasteiger partial charge in [0.05, 0.1) is 17.0 Å². The summed E-state index contributed by atoms with van der Waals surface area (Å²) in [5, 5.41) is 10.1. The van der Waals surface area contributed by atoms with Crippen molar-refractivity contribution in [2.24, 2.45) is 0 Å². The van der Waals surface area contributed by atoms with Crippen molar-refractivity contribution < 1.29 is 13.9 Å². The van der Waals surface area contributed by atoms with Crippen molar-refractivity contribution in [1.29, 1.82) is 5.26 Å². The summed E-state index contributed by atoms with van der Waals surface area (Å²) < 4.78 is 22.6. The molecule has 1 fully saturated rings. The van der Waals surface area contributed by atoms with Gasteiger partial charge in [-0.05, 0) is 45.9 Å². The van der Waals surface area contributed by atoms with Crippen molar-refractivity contribution >= 4 is 22.8 Å². The number of amides is 1. The van der Waals surface area contributed by atoms with Crippen LogP contribution in [-0.2, 0) is 9.53 Å². The number of fused-ring (bicyclic) bond motifs is 1. The predicted molar refractivity (Wildman–Crippen MR) is 146 cm³/mol. The van der Waals surface area contributed by atoms with Gasteiger partial charge < -0.3 is 14.5 Å². The SMILES string of the molecule is CCOC(C)(C)C(=O)N1CCN(c2ncnc3c2c(-c2ccccc2F)cn3-c2cc(C#N)ccn2)CC1C. The minimum absolute atomic E-state index is 0.0500. The summed E-state index contributed by atoms with van der Waals surface area (Å²) in [5.74, 6) is 0.725. The third-order valence-corrected chi connectivity index (χ3v) is 7.06. The summed E-state index contributed by atoms with van der Waals surface area (Å²) in [7, 11) is 0. The molecule has 1 aromatic carbocycles. The van der Waals surface area contributed by atoms with Crippen LogP contribution in [0.1, 0.15) is 33.3 Å². The van der Waals surface area contributed by atoms with E-state index >= 15 is 4.39 Å². The number of ether oxygens (including phenoxy) is 1. The standard InChI is InChI=1S/C29H30FN7O2/c1-5-39-29(3,4)28(38)36-13-12-35(16-19(36)2)26-25-22(21-8-6-7-9-23(21)30)17-37(27(25)34-18-33-26)24-14-20(15-31)10-11-32-24/h6-11,14,17-19H,5,12-13,16H2,1-4H3. The molecular weight excluding hydrogens is 497 g/mol. The van der Waals surface area contributed by atoms with E-state index in [9.17, 15) is 10.1 Å². The summed E-state index contributed by atoms with van der Waals surface area (Å²) in [6.45, 7) is 9.48. The van der Waals surface area contributed by atoms with Gasteiger partial charge >= 0.3 is 0 Å². The van der Waals surface area contributed by atoms with Gasteiger partial charge in [-0.2, -0.15) is 5.26 Å². The molecule has 5 rings (SSSR count). The minimum Gasteiger partial charge on any atom is -0.366 e. The van der Waals surface area contributed by atoms with Crippen molar-refractivity contribution in [2.75, 3.05) is 31.1 Å². The summed E-state index contributed by atoms with van der Waals surface area (Å²) in [6.07, 6.45) is 4.83. The number of pyridine rings is 1. The fourth-order valence-electron chi connectivity index (χ4n) is 5.18. The molecule has 1 saturated heterocycles. The number of hydrogen-bond donors (Lipinski definition) is 0. The molecule has 1 aliphatic rings. The van der Waals surface area contributed by atoms with Gasteiger partial charge in [0.1, 0.15) is 29.4 Å². The monoisotopic (exact) mass is 527 g/mol. The van der Waals surface area contributed by atoms with Crippen LogP contribution >= 0.6 is 0 Å². The van der Waals surface area contributed by atoms with E-state index in [0.29, 0.717) is 65.6 Å². The third kappa shape index (κ3) is 4.81. The molecule has 0 aliphatic carbocycles. The number of anilines is 1. The van der Waals surface area contributed by atoms with Gasteiger partial charge in [0.25, 0.3) is 5.91 Å². The minimum atomic E-state index is -0.909. The molecule has 39 heavy (non-hydrogen) atoms. The number of rotatable bonds is 6. The van der Waals surface area contributed by atoms with Crippen LogP contribution in [0.5, 0.6) is 0 Å². The maximum absolute atomic E-state index is 15.1. The Hall–Kier alpha value is -4.36. The number of benzene rings is 1. The van der Waals surface area contributed by atoms with Crippen LogP contribution in [0.15, 0.2) is 55.1 Å². The number of aromatic nitrogens is 4. The third-order valence-electron chi connectivity index (χ3n) is 7.06. The molecule has 0 saturated carbocycles. The Labute approximate surface area is 226 Å².